The van der Waals surface area contributed by atoms with Crippen molar-refractivity contribution in [1.82, 2.24) is 9.29 Å². The molecule has 0 amide bonds. The summed E-state index contributed by atoms with van der Waals surface area (Å²) in [5.41, 5.74) is 3.10. The van der Waals surface area contributed by atoms with Crippen molar-refractivity contribution in [3.05, 3.63) is 70.3 Å². The number of hydrogen-bond donors (Lipinski definition) is 1. The number of halogens is 2. The van der Waals surface area contributed by atoms with Crippen molar-refractivity contribution in [2.75, 3.05) is 13.1 Å². The van der Waals surface area contributed by atoms with Gasteiger partial charge in [0.15, 0.2) is 0 Å². The molecule has 4 nitrogen and oxygen atoms in total. The van der Waals surface area contributed by atoms with Crippen LogP contribution in [0.4, 0.5) is 0 Å². The molecule has 7 heteroatoms. The van der Waals surface area contributed by atoms with E-state index in [1.165, 1.54) is 4.31 Å². The summed E-state index contributed by atoms with van der Waals surface area (Å²) in [6.45, 7) is 0.775. The molecule has 0 saturated heterocycles. The number of H-pyrrole nitrogens is 1. The van der Waals surface area contributed by atoms with E-state index in [9.17, 15) is 8.42 Å². The van der Waals surface area contributed by atoms with Gasteiger partial charge in [-0.25, -0.2) is 8.42 Å². The molecule has 1 aliphatic rings. The molecule has 0 radical (unpaired) electrons. The normalized spacial score (nSPS) is 16.0. The van der Waals surface area contributed by atoms with Crippen LogP contribution in [0.5, 0.6) is 0 Å². The third kappa shape index (κ3) is 3.05. The summed E-state index contributed by atoms with van der Waals surface area (Å²) >= 11 is 12.1. The molecule has 1 aromatic heterocycles. The van der Waals surface area contributed by atoms with Crippen LogP contribution >= 0.6 is 23.2 Å². The van der Waals surface area contributed by atoms with Gasteiger partial charge >= 0.3 is 0 Å². The third-order valence-corrected chi connectivity index (χ3v) is 7.08. The second-order valence-corrected chi connectivity index (χ2v) is 8.94. The molecule has 0 atom stereocenters. The number of nitrogens with zero attached hydrogens (tertiary/aromatic N) is 1. The zero-order valence-electron chi connectivity index (χ0n) is 13.7. The molecular weight excluding hydrogens is 391 g/mol. The Morgan fingerprint density at radius 1 is 1.04 bits per heavy atom. The SMILES string of the molecule is O=S(=O)(c1ccc(Cl)cc1)N1CC=C(c2c[nH]c3c(Cl)cccc23)CC1. The lowest BCUT2D eigenvalue weighted by atomic mass is 10.00. The minimum Gasteiger partial charge on any atom is -0.359 e. The molecule has 134 valence electrons. The molecule has 0 bridgehead atoms. The second-order valence-electron chi connectivity index (χ2n) is 6.16. The maximum absolute atomic E-state index is 12.8. The highest BCUT2D eigenvalue weighted by Gasteiger charge is 2.26. The van der Waals surface area contributed by atoms with Gasteiger partial charge in [-0.15, -0.1) is 0 Å². The van der Waals surface area contributed by atoms with Crippen molar-refractivity contribution in [1.29, 1.82) is 0 Å². The van der Waals surface area contributed by atoms with Gasteiger partial charge in [0.25, 0.3) is 0 Å². The first kappa shape index (κ1) is 17.6. The molecule has 26 heavy (non-hydrogen) atoms. The number of sulfonamides is 1. The Morgan fingerprint density at radius 2 is 1.81 bits per heavy atom. The third-order valence-electron chi connectivity index (χ3n) is 4.63. The summed E-state index contributed by atoms with van der Waals surface area (Å²) in [5.74, 6) is 0. The monoisotopic (exact) mass is 406 g/mol. The largest absolute Gasteiger partial charge is 0.359 e. The highest BCUT2D eigenvalue weighted by molar-refractivity contribution is 7.89. The van der Waals surface area contributed by atoms with Gasteiger partial charge in [0.05, 0.1) is 15.4 Å². The minimum atomic E-state index is -3.52. The number of aromatic amines is 1. The summed E-state index contributed by atoms with van der Waals surface area (Å²) < 4.78 is 27.0. The average Bonchev–Trinajstić information content (AvgIpc) is 3.08. The highest BCUT2D eigenvalue weighted by Crippen LogP contribution is 2.33. The van der Waals surface area contributed by atoms with Gasteiger partial charge in [-0.3, -0.25) is 0 Å². The quantitative estimate of drug-likeness (QED) is 0.668. The Hall–Kier alpha value is -1.79. The van der Waals surface area contributed by atoms with Crippen molar-refractivity contribution in [2.45, 2.75) is 11.3 Å². The zero-order chi connectivity index (χ0) is 18.3. The van der Waals surface area contributed by atoms with Crippen LogP contribution in [0.15, 0.2) is 59.6 Å². The number of benzene rings is 2. The van der Waals surface area contributed by atoms with E-state index in [1.54, 1.807) is 24.3 Å². The molecule has 4 rings (SSSR count). The Balaban J connectivity index is 1.62. The van der Waals surface area contributed by atoms with E-state index in [-0.39, 0.29) is 4.90 Å². The molecule has 2 aromatic carbocycles. The van der Waals surface area contributed by atoms with Crippen molar-refractivity contribution < 1.29 is 8.42 Å². The lowest BCUT2D eigenvalue weighted by Crippen LogP contribution is -2.34. The fourth-order valence-corrected chi connectivity index (χ4v) is 4.99. The van der Waals surface area contributed by atoms with E-state index in [0.717, 1.165) is 22.0 Å². The van der Waals surface area contributed by atoms with Gasteiger partial charge in [0, 0.05) is 35.3 Å². The molecule has 0 fully saturated rings. The first-order chi connectivity index (χ1) is 12.5. The number of fused-ring (bicyclic) bond motifs is 1. The van der Waals surface area contributed by atoms with Crippen LogP contribution in [0.3, 0.4) is 0 Å². The predicted molar refractivity (Wildman–Crippen MR) is 106 cm³/mol. The Labute approximate surface area is 162 Å². The summed E-state index contributed by atoms with van der Waals surface area (Å²) in [4.78, 5) is 3.47. The van der Waals surface area contributed by atoms with Gasteiger partial charge < -0.3 is 4.98 Å². The van der Waals surface area contributed by atoms with Crippen molar-refractivity contribution in [2.24, 2.45) is 0 Å². The van der Waals surface area contributed by atoms with Gasteiger partial charge in [0.1, 0.15) is 0 Å². The maximum atomic E-state index is 12.8. The van der Waals surface area contributed by atoms with Gasteiger partial charge in [-0.1, -0.05) is 41.4 Å². The first-order valence-electron chi connectivity index (χ1n) is 8.17. The standard InChI is InChI=1S/C19H16Cl2N2O2S/c20-14-4-6-15(7-5-14)26(24,25)23-10-8-13(9-11-23)17-12-22-19-16(17)2-1-3-18(19)21/h1-8,12,22H,9-11H2. The van der Waals surface area contributed by atoms with E-state index in [1.807, 2.05) is 30.5 Å². The summed E-state index contributed by atoms with van der Waals surface area (Å²) in [7, 11) is -3.52. The fourth-order valence-electron chi connectivity index (χ4n) is 3.25. The summed E-state index contributed by atoms with van der Waals surface area (Å²) in [5, 5.41) is 2.25. The molecule has 0 spiro atoms. The molecule has 0 aliphatic carbocycles. The molecule has 0 saturated carbocycles. The van der Waals surface area contributed by atoms with Gasteiger partial charge in [-0.05, 0) is 42.3 Å². The van der Waals surface area contributed by atoms with Crippen LogP contribution in [-0.4, -0.2) is 30.8 Å². The lowest BCUT2D eigenvalue weighted by molar-refractivity contribution is 0.441. The van der Waals surface area contributed by atoms with E-state index in [2.05, 4.69) is 4.98 Å². The number of para-hydroxylation sites is 1. The molecule has 1 aliphatic heterocycles. The number of nitrogens with one attached hydrogen (secondary N) is 1. The number of aromatic nitrogens is 1. The molecule has 0 unspecified atom stereocenters. The van der Waals surface area contributed by atoms with Gasteiger partial charge in [-0.2, -0.15) is 4.31 Å². The summed E-state index contributed by atoms with van der Waals surface area (Å²) in [6, 6.07) is 12.1. The molecule has 3 aromatic rings. The van der Waals surface area contributed by atoms with Crippen LogP contribution in [0, 0.1) is 0 Å². The van der Waals surface area contributed by atoms with E-state index >= 15 is 0 Å². The van der Waals surface area contributed by atoms with Crippen LogP contribution in [0.25, 0.3) is 16.5 Å². The zero-order valence-corrected chi connectivity index (χ0v) is 16.1. The number of rotatable bonds is 3. The van der Waals surface area contributed by atoms with Gasteiger partial charge in [0.2, 0.25) is 10.0 Å². The average molecular weight is 407 g/mol. The van der Waals surface area contributed by atoms with E-state index in [0.29, 0.717) is 29.6 Å². The van der Waals surface area contributed by atoms with Crippen LogP contribution in [0.2, 0.25) is 10.0 Å². The Morgan fingerprint density at radius 3 is 2.50 bits per heavy atom. The van der Waals surface area contributed by atoms with E-state index in [4.69, 9.17) is 23.2 Å². The fraction of sp³-hybridized carbons (Fsp3) is 0.158. The predicted octanol–water partition coefficient (Wildman–Crippen LogP) is 4.95. The van der Waals surface area contributed by atoms with Crippen LogP contribution in [-0.2, 0) is 10.0 Å². The number of hydrogen-bond acceptors (Lipinski definition) is 2. The lowest BCUT2D eigenvalue weighted by Gasteiger charge is -2.25. The van der Waals surface area contributed by atoms with Crippen molar-refractivity contribution in [3.63, 3.8) is 0 Å². The first-order valence-corrected chi connectivity index (χ1v) is 10.4. The second kappa shape index (κ2) is 6.74. The van der Waals surface area contributed by atoms with Crippen molar-refractivity contribution >= 4 is 49.7 Å². The topological polar surface area (TPSA) is 53.2 Å². The summed E-state index contributed by atoms with van der Waals surface area (Å²) in [6.07, 6.45) is 4.55. The van der Waals surface area contributed by atoms with Crippen LogP contribution in [0.1, 0.15) is 12.0 Å². The van der Waals surface area contributed by atoms with Crippen molar-refractivity contribution in [3.8, 4) is 0 Å². The Kier molecular flexibility index (Phi) is 4.57. The Bertz CT molecular complexity index is 1100. The highest BCUT2D eigenvalue weighted by atomic mass is 35.5. The maximum Gasteiger partial charge on any atom is 0.243 e. The minimum absolute atomic E-state index is 0.262. The molecule has 2 heterocycles. The van der Waals surface area contributed by atoms with Crippen LogP contribution < -0.4 is 0 Å². The molecular formula is C19H16Cl2N2O2S. The van der Waals surface area contributed by atoms with E-state index < -0.39 is 10.0 Å². The molecule has 1 N–H and O–H groups in total. The smallest absolute Gasteiger partial charge is 0.243 e.